The summed E-state index contributed by atoms with van der Waals surface area (Å²) in [5.41, 5.74) is 2.55. The molecule has 0 saturated carbocycles. The molecule has 0 fully saturated rings. The first-order chi connectivity index (χ1) is 6.51. The Bertz CT molecular complexity index is 306. The van der Waals surface area contributed by atoms with Gasteiger partial charge >= 0.3 is 0 Å². The van der Waals surface area contributed by atoms with Gasteiger partial charge < -0.3 is 5.21 Å². The lowest BCUT2D eigenvalue weighted by Gasteiger charge is -2.17. The van der Waals surface area contributed by atoms with E-state index in [1.807, 2.05) is 12.1 Å². The van der Waals surface area contributed by atoms with Gasteiger partial charge in [-0.05, 0) is 23.0 Å². The lowest BCUT2D eigenvalue weighted by atomic mass is 9.88. The van der Waals surface area contributed by atoms with Crippen LogP contribution in [0.5, 0.6) is 0 Å². The standard InChI is InChI=1S/C12H17NO/c1-12(2,3)8-10-4-6-11(7-5-10)9-13-14/h4-7,9,14H,8H2,1-3H3. The molecule has 1 rings (SSSR count). The molecule has 2 nitrogen and oxygen atoms in total. The zero-order valence-electron chi connectivity index (χ0n) is 8.99. The third kappa shape index (κ3) is 3.60. The number of nitrogens with zero attached hydrogens (tertiary/aromatic N) is 1. The summed E-state index contributed by atoms with van der Waals surface area (Å²) in [6.07, 6.45) is 2.49. The maximum absolute atomic E-state index is 8.34. The van der Waals surface area contributed by atoms with Gasteiger partial charge in [0.2, 0.25) is 0 Å². The lowest BCUT2D eigenvalue weighted by Crippen LogP contribution is -2.08. The van der Waals surface area contributed by atoms with E-state index in [0.29, 0.717) is 5.41 Å². The van der Waals surface area contributed by atoms with Crippen molar-refractivity contribution < 1.29 is 5.21 Å². The van der Waals surface area contributed by atoms with Crippen molar-refractivity contribution in [1.29, 1.82) is 0 Å². The minimum Gasteiger partial charge on any atom is -0.411 e. The fraction of sp³-hybridized carbons (Fsp3) is 0.417. The van der Waals surface area contributed by atoms with Gasteiger partial charge in [0.1, 0.15) is 0 Å². The lowest BCUT2D eigenvalue weighted by molar-refractivity contribution is 0.322. The average Bonchev–Trinajstić information content (AvgIpc) is 2.06. The van der Waals surface area contributed by atoms with Gasteiger partial charge in [0.05, 0.1) is 6.21 Å². The van der Waals surface area contributed by atoms with Crippen molar-refractivity contribution in [3.63, 3.8) is 0 Å². The summed E-state index contributed by atoms with van der Waals surface area (Å²) in [5.74, 6) is 0. The van der Waals surface area contributed by atoms with Gasteiger partial charge in [0, 0.05) is 0 Å². The zero-order valence-corrected chi connectivity index (χ0v) is 8.99. The molecule has 0 aromatic heterocycles. The second-order valence-electron chi connectivity index (χ2n) is 4.72. The summed E-state index contributed by atoms with van der Waals surface area (Å²) < 4.78 is 0. The Kier molecular flexibility index (Phi) is 3.28. The fourth-order valence-electron chi connectivity index (χ4n) is 1.40. The normalized spacial score (nSPS) is 12.2. The van der Waals surface area contributed by atoms with Gasteiger partial charge in [0.15, 0.2) is 0 Å². The topological polar surface area (TPSA) is 32.6 Å². The van der Waals surface area contributed by atoms with Gasteiger partial charge in [-0.3, -0.25) is 0 Å². The number of benzene rings is 1. The molecule has 0 heterocycles. The van der Waals surface area contributed by atoms with Crippen LogP contribution in [0.2, 0.25) is 0 Å². The first-order valence-electron chi connectivity index (χ1n) is 4.78. The Hall–Kier alpha value is -1.31. The molecule has 76 valence electrons. The van der Waals surface area contributed by atoms with E-state index in [-0.39, 0.29) is 0 Å². The van der Waals surface area contributed by atoms with E-state index in [1.165, 1.54) is 11.8 Å². The van der Waals surface area contributed by atoms with Gasteiger partial charge in [0.25, 0.3) is 0 Å². The van der Waals surface area contributed by atoms with E-state index in [1.54, 1.807) is 0 Å². The van der Waals surface area contributed by atoms with Crippen LogP contribution < -0.4 is 0 Å². The third-order valence-corrected chi connectivity index (χ3v) is 1.92. The molecule has 0 atom stereocenters. The van der Waals surface area contributed by atoms with Crippen LogP contribution in [0.4, 0.5) is 0 Å². The summed E-state index contributed by atoms with van der Waals surface area (Å²) in [6, 6.07) is 8.06. The average molecular weight is 191 g/mol. The summed E-state index contributed by atoms with van der Waals surface area (Å²) in [4.78, 5) is 0. The highest BCUT2D eigenvalue weighted by Crippen LogP contribution is 2.20. The third-order valence-electron chi connectivity index (χ3n) is 1.92. The van der Waals surface area contributed by atoms with E-state index >= 15 is 0 Å². The van der Waals surface area contributed by atoms with E-state index in [0.717, 1.165) is 12.0 Å². The first-order valence-corrected chi connectivity index (χ1v) is 4.78. The molecule has 2 heteroatoms. The molecule has 0 amide bonds. The summed E-state index contributed by atoms with van der Waals surface area (Å²) in [6.45, 7) is 6.66. The Balaban J connectivity index is 2.74. The maximum Gasteiger partial charge on any atom is 0.0733 e. The molecule has 0 aliphatic heterocycles. The first kappa shape index (κ1) is 10.8. The monoisotopic (exact) mass is 191 g/mol. The molecule has 0 saturated heterocycles. The highest BCUT2D eigenvalue weighted by molar-refractivity contribution is 5.78. The predicted octanol–water partition coefficient (Wildman–Crippen LogP) is 3.08. The SMILES string of the molecule is CC(C)(C)Cc1ccc(C=NO)cc1. The Labute approximate surface area is 85.3 Å². The van der Waals surface area contributed by atoms with E-state index in [2.05, 4.69) is 38.1 Å². The van der Waals surface area contributed by atoms with Crippen molar-refractivity contribution >= 4 is 6.21 Å². The van der Waals surface area contributed by atoms with Crippen molar-refractivity contribution in [3.05, 3.63) is 35.4 Å². The van der Waals surface area contributed by atoms with E-state index < -0.39 is 0 Å². The molecule has 14 heavy (non-hydrogen) atoms. The van der Waals surface area contributed by atoms with E-state index in [9.17, 15) is 0 Å². The molecule has 1 N–H and O–H groups in total. The largest absolute Gasteiger partial charge is 0.411 e. The van der Waals surface area contributed by atoms with E-state index in [4.69, 9.17) is 5.21 Å². The van der Waals surface area contributed by atoms with Crippen LogP contribution in [0, 0.1) is 5.41 Å². The van der Waals surface area contributed by atoms with Crippen LogP contribution in [0.25, 0.3) is 0 Å². The fourth-order valence-corrected chi connectivity index (χ4v) is 1.40. The Morgan fingerprint density at radius 2 is 1.79 bits per heavy atom. The number of hydrogen-bond acceptors (Lipinski definition) is 2. The Morgan fingerprint density at radius 3 is 2.21 bits per heavy atom. The molecule has 0 radical (unpaired) electrons. The molecular weight excluding hydrogens is 174 g/mol. The highest BCUT2D eigenvalue weighted by atomic mass is 16.4. The van der Waals surface area contributed by atoms with Gasteiger partial charge in [-0.25, -0.2) is 0 Å². The molecule has 0 aliphatic rings. The molecule has 1 aromatic carbocycles. The van der Waals surface area contributed by atoms with Gasteiger partial charge in [-0.1, -0.05) is 50.2 Å². The molecular formula is C12H17NO. The maximum atomic E-state index is 8.34. The van der Waals surface area contributed by atoms with Crippen LogP contribution in [-0.4, -0.2) is 11.4 Å². The van der Waals surface area contributed by atoms with Crippen molar-refractivity contribution in [2.45, 2.75) is 27.2 Å². The number of rotatable bonds is 2. The number of oxime groups is 1. The molecule has 0 spiro atoms. The van der Waals surface area contributed by atoms with Crippen LogP contribution in [-0.2, 0) is 6.42 Å². The predicted molar refractivity (Wildman–Crippen MR) is 59.0 cm³/mol. The minimum atomic E-state index is 0.312. The van der Waals surface area contributed by atoms with Crippen LogP contribution in [0.3, 0.4) is 0 Å². The van der Waals surface area contributed by atoms with Crippen molar-refractivity contribution in [3.8, 4) is 0 Å². The van der Waals surface area contributed by atoms with Crippen LogP contribution in [0.1, 0.15) is 31.9 Å². The second kappa shape index (κ2) is 4.27. The molecule has 0 unspecified atom stereocenters. The number of hydrogen-bond donors (Lipinski definition) is 1. The summed E-state index contributed by atoms with van der Waals surface area (Å²) >= 11 is 0. The molecule has 1 aromatic rings. The molecule has 0 aliphatic carbocycles. The molecule has 0 bridgehead atoms. The van der Waals surface area contributed by atoms with Crippen molar-refractivity contribution in [1.82, 2.24) is 0 Å². The van der Waals surface area contributed by atoms with Crippen molar-refractivity contribution in [2.75, 3.05) is 0 Å². The summed E-state index contributed by atoms with van der Waals surface area (Å²) in [5, 5.41) is 11.3. The smallest absolute Gasteiger partial charge is 0.0733 e. The van der Waals surface area contributed by atoms with Crippen molar-refractivity contribution in [2.24, 2.45) is 10.6 Å². The Morgan fingerprint density at radius 1 is 1.21 bits per heavy atom. The van der Waals surface area contributed by atoms with Gasteiger partial charge in [-0.15, -0.1) is 0 Å². The zero-order chi connectivity index (χ0) is 10.6. The quantitative estimate of drug-likeness (QED) is 0.435. The summed E-state index contributed by atoms with van der Waals surface area (Å²) in [7, 11) is 0. The second-order valence-corrected chi connectivity index (χ2v) is 4.72. The van der Waals surface area contributed by atoms with Gasteiger partial charge in [-0.2, -0.15) is 0 Å². The van der Waals surface area contributed by atoms with Crippen LogP contribution in [0.15, 0.2) is 29.4 Å². The van der Waals surface area contributed by atoms with Crippen LogP contribution >= 0.6 is 0 Å². The minimum absolute atomic E-state index is 0.312. The highest BCUT2D eigenvalue weighted by Gasteiger charge is 2.10.